The number of ether oxygens (including phenoxy) is 12. The van der Waals surface area contributed by atoms with E-state index in [9.17, 15) is 4.79 Å². The van der Waals surface area contributed by atoms with Crippen LogP contribution in [0.15, 0.2) is 0 Å². The van der Waals surface area contributed by atoms with Crippen LogP contribution in [0.4, 0.5) is 0 Å². The van der Waals surface area contributed by atoms with E-state index >= 15 is 0 Å². The third kappa shape index (κ3) is 49.2. The van der Waals surface area contributed by atoms with E-state index in [1.807, 2.05) is 0 Å². The highest BCUT2D eigenvalue weighted by molar-refractivity contribution is 6.69. The highest BCUT2D eigenvalue weighted by Gasteiger charge is 2.13. The second-order valence-electron chi connectivity index (χ2n) is 13.5. The normalized spacial score (nSPS) is 11.9. The highest BCUT2D eigenvalue weighted by atomic mass is 28.4. The van der Waals surface area contributed by atoms with Gasteiger partial charge in [-0.25, -0.2) is 0 Å². The zero-order chi connectivity index (χ0) is 39.3. The SMILES string of the molecule is CCCCCCCCCCCC(=O)OCCOCCOCCOCCOCCOCCOCCOCCOCCOCCOCCOCCO[Si](C)(C)C. The van der Waals surface area contributed by atoms with E-state index in [0.29, 0.717) is 158 Å². The van der Waals surface area contributed by atoms with Gasteiger partial charge >= 0.3 is 5.97 Å². The molecule has 0 heterocycles. The van der Waals surface area contributed by atoms with Gasteiger partial charge in [-0.1, -0.05) is 58.3 Å². The minimum atomic E-state index is -1.46. The van der Waals surface area contributed by atoms with E-state index < -0.39 is 8.32 Å². The van der Waals surface area contributed by atoms with Gasteiger partial charge in [-0.05, 0) is 26.1 Å². The van der Waals surface area contributed by atoms with Crippen LogP contribution >= 0.6 is 0 Å². The van der Waals surface area contributed by atoms with Crippen LogP contribution in [0.5, 0.6) is 0 Å². The van der Waals surface area contributed by atoms with Gasteiger partial charge < -0.3 is 61.3 Å². The largest absolute Gasteiger partial charge is 0.463 e. The van der Waals surface area contributed by atoms with E-state index in [0.717, 1.165) is 12.8 Å². The number of hydrogen-bond donors (Lipinski definition) is 0. The molecule has 0 N–H and O–H groups in total. The molecule has 0 saturated carbocycles. The molecule has 0 spiro atoms. The Morgan fingerprint density at radius 1 is 0.333 bits per heavy atom. The number of unbranched alkanes of at least 4 members (excludes halogenated alkanes) is 8. The van der Waals surface area contributed by atoms with E-state index in [2.05, 4.69) is 26.6 Å². The zero-order valence-corrected chi connectivity index (χ0v) is 35.8. The van der Waals surface area contributed by atoms with Crippen molar-refractivity contribution in [1.82, 2.24) is 0 Å². The number of esters is 1. The van der Waals surface area contributed by atoms with Gasteiger partial charge in [0.15, 0.2) is 8.32 Å². The molecule has 0 aromatic rings. The molecule has 14 nitrogen and oxygen atoms in total. The molecular formula is C39H80O14Si. The van der Waals surface area contributed by atoms with E-state index in [4.69, 9.17) is 61.3 Å². The second kappa shape index (κ2) is 44.9. The number of hydrogen-bond acceptors (Lipinski definition) is 14. The fraction of sp³-hybridized carbons (Fsp3) is 0.974. The first-order chi connectivity index (χ1) is 26.5. The molecule has 0 unspecified atom stereocenters. The van der Waals surface area contributed by atoms with Crippen LogP contribution in [0.3, 0.4) is 0 Å². The average molecular weight is 801 g/mol. The van der Waals surface area contributed by atoms with Crippen molar-refractivity contribution in [3.63, 3.8) is 0 Å². The lowest BCUT2D eigenvalue weighted by atomic mass is 10.1. The maximum Gasteiger partial charge on any atom is 0.305 e. The summed E-state index contributed by atoms with van der Waals surface area (Å²) in [4.78, 5) is 11.8. The smallest absolute Gasteiger partial charge is 0.305 e. The van der Waals surface area contributed by atoms with Gasteiger partial charge in [0.1, 0.15) is 6.61 Å². The molecule has 0 saturated heterocycles. The van der Waals surface area contributed by atoms with Gasteiger partial charge in [-0.3, -0.25) is 4.79 Å². The lowest BCUT2D eigenvalue weighted by Gasteiger charge is -2.16. The Hall–Kier alpha value is -0.793. The van der Waals surface area contributed by atoms with E-state index in [1.165, 1.54) is 44.9 Å². The molecule has 0 amide bonds. The first-order valence-corrected chi connectivity index (χ1v) is 24.0. The van der Waals surface area contributed by atoms with Crippen LogP contribution in [-0.4, -0.2) is 173 Å². The van der Waals surface area contributed by atoms with Crippen molar-refractivity contribution >= 4 is 14.3 Å². The second-order valence-corrected chi connectivity index (χ2v) is 18.0. The molecule has 0 fully saturated rings. The quantitative estimate of drug-likeness (QED) is 0.0436. The summed E-state index contributed by atoms with van der Waals surface area (Å²) >= 11 is 0. The molecule has 324 valence electrons. The predicted octanol–water partition coefficient (Wildman–Crippen LogP) is 5.48. The third-order valence-corrected chi connectivity index (χ3v) is 8.53. The van der Waals surface area contributed by atoms with Crippen LogP contribution in [0.25, 0.3) is 0 Å². The number of rotatable bonds is 47. The standard InChI is InChI=1S/C39H80O14Si/c1-5-6-7-8-9-10-11-12-13-14-39(40)52-37-35-50-33-31-48-29-27-46-25-23-44-21-19-42-17-15-41-16-18-43-20-22-45-24-26-47-28-30-49-32-34-51-36-38-53-54(2,3)4/h5-38H2,1-4H3. The molecule has 0 aliphatic rings. The molecule has 0 aromatic heterocycles. The fourth-order valence-corrected chi connectivity index (χ4v) is 5.27. The third-order valence-electron chi connectivity index (χ3n) is 7.46. The Balaban J connectivity index is 3.12. The Kier molecular flexibility index (Phi) is 44.3. The minimum absolute atomic E-state index is 0.137. The summed E-state index contributed by atoms with van der Waals surface area (Å²) in [6.45, 7) is 20.8. The summed E-state index contributed by atoms with van der Waals surface area (Å²) in [5.74, 6) is -0.137. The van der Waals surface area contributed by atoms with E-state index in [-0.39, 0.29) is 12.6 Å². The highest BCUT2D eigenvalue weighted by Crippen LogP contribution is 2.10. The summed E-state index contributed by atoms with van der Waals surface area (Å²) in [6, 6.07) is 0. The van der Waals surface area contributed by atoms with Crippen LogP contribution in [0, 0.1) is 0 Å². The Labute approximate surface area is 329 Å². The minimum Gasteiger partial charge on any atom is -0.463 e. The van der Waals surface area contributed by atoms with Crippen molar-refractivity contribution in [1.29, 1.82) is 0 Å². The van der Waals surface area contributed by atoms with E-state index in [1.54, 1.807) is 0 Å². The fourth-order valence-electron chi connectivity index (χ4n) is 4.57. The first-order valence-electron chi connectivity index (χ1n) is 20.6. The van der Waals surface area contributed by atoms with Crippen molar-refractivity contribution in [3.05, 3.63) is 0 Å². The number of carbonyl (C=O) groups excluding carboxylic acids is 1. The van der Waals surface area contributed by atoms with Gasteiger partial charge in [0.2, 0.25) is 0 Å². The molecule has 0 aromatic carbocycles. The Bertz CT molecular complexity index is 732. The van der Waals surface area contributed by atoms with Gasteiger partial charge in [-0.15, -0.1) is 0 Å². The molecule has 0 bridgehead atoms. The van der Waals surface area contributed by atoms with Crippen molar-refractivity contribution < 1.29 is 66.1 Å². The van der Waals surface area contributed by atoms with Gasteiger partial charge in [0.05, 0.1) is 152 Å². The van der Waals surface area contributed by atoms with Crippen molar-refractivity contribution in [2.45, 2.75) is 90.8 Å². The summed E-state index contributed by atoms with van der Waals surface area (Å²) in [5, 5.41) is 0. The molecule has 15 heteroatoms. The maximum absolute atomic E-state index is 11.8. The lowest BCUT2D eigenvalue weighted by Crippen LogP contribution is -2.27. The topological polar surface area (TPSA) is 137 Å². The Morgan fingerprint density at radius 2 is 0.574 bits per heavy atom. The molecule has 0 rings (SSSR count). The van der Waals surface area contributed by atoms with Crippen LogP contribution in [-0.2, 0) is 66.1 Å². The van der Waals surface area contributed by atoms with Gasteiger partial charge in [-0.2, -0.15) is 0 Å². The van der Waals surface area contributed by atoms with Crippen molar-refractivity contribution in [2.24, 2.45) is 0 Å². The average Bonchev–Trinajstić information content (AvgIpc) is 3.15. The number of carbonyl (C=O) groups is 1. The first kappa shape index (κ1) is 53.2. The summed E-state index contributed by atoms with van der Waals surface area (Å²) in [7, 11) is -1.46. The molecule has 0 radical (unpaired) electrons. The van der Waals surface area contributed by atoms with Crippen molar-refractivity contribution in [2.75, 3.05) is 159 Å². The van der Waals surface area contributed by atoms with Crippen LogP contribution in [0.2, 0.25) is 19.6 Å². The molecule has 0 aliphatic carbocycles. The molecule has 0 atom stereocenters. The lowest BCUT2D eigenvalue weighted by molar-refractivity contribution is -0.145. The maximum atomic E-state index is 11.8. The van der Waals surface area contributed by atoms with Gasteiger partial charge in [0.25, 0.3) is 0 Å². The summed E-state index contributed by atoms with van der Waals surface area (Å²) in [6.07, 6.45) is 11.6. The van der Waals surface area contributed by atoms with Crippen LogP contribution in [0.1, 0.15) is 71.1 Å². The monoisotopic (exact) mass is 801 g/mol. The summed E-state index contributed by atoms with van der Waals surface area (Å²) < 4.78 is 71.3. The Morgan fingerprint density at radius 3 is 0.852 bits per heavy atom. The molecule has 0 aliphatic heterocycles. The predicted molar refractivity (Wildman–Crippen MR) is 211 cm³/mol. The van der Waals surface area contributed by atoms with Gasteiger partial charge in [0, 0.05) is 6.42 Å². The van der Waals surface area contributed by atoms with Crippen molar-refractivity contribution in [3.8, 4) is 0 Å². The summed E-state index contributed by atoms with van der Waals surface area (Å²) in [5.41, 5.74) is 0. The molecule has 54 heavy (non-hydrogen) atoms. The molecular weight excluding hydrogens is 721 g/mol. The zero-order valence-electron chi connectivity index (χ0n) is 34.8. The van der Waals surface area contributed by atoms with Crippen LogP contribution < -0.4 is 0 Å².